The molecule has 2 aromatic rings. The minimum Gasteiger partial charge on any atom is -0.619 e. The van der Waals surface area contributed by atoms with Gasteiger partial charge in [0.15, 0.2) is 17.5 Å². The van der Waals surface area contributed by atoms with Gasteiger partial charge in [0.25, 0.3) is 5.91 Å². The maximum absolute atomic E-state index is 12.0. The fraction of sp³-hybridized carbons (Fsp3) is 0.357. The van der Waals surface area contributed by atoms with Crippen LogP contribution in [0, 0.1) is 11.1 Å². The highest BCUT2D eigenvalue weighted by Crippen LogP contribution is 2.32. The molecule has 0 saturated carbocycles. The predicted octanol–water partition coefficient (Wildman–Crippen LogP) is 2.15. The molecule has 1 amide bonds. The molecule has 3 rings (SSSR count). The molecule has 0 aromatic carbocycles. The highest BCUT2D eigenvalue weighted by atomic mass is 32.1. The number of thiazole rings is 1. The highest BCUT2D eigenvalue weighted by Gasteiger charge is 2.21. The second-order valence-electron chi connectivity index (χ2n) is 5.14. The van der Waals surface area contributed by atoms with E-state index >= 15 is 0 Å². The fourth-order valence-corrected chi connectivity index (χ4v) is 3.52. The third-order valence-electron chi connectivity index (χ3n) is 3.44. The van der Waals surface area contributed by atoms with Crippen molar-refractivity contribution in [2.24, 2.45) is 5.92 Å². The van der Waals surface area contributed by atoms with Gasteiger partial charge in [-0.15, -0.1) is 11.3 Å². The van der Waals surface area contributed by atoms with E-state index in [2.05, 4.69) is 17.2 Å². The Hall–Kier alpha value is -1.95. The molecule has 2 aromatic heterocycles. The molecular formula is C14H15N3O2S. The minimum atomic E-state index is -0.297. The lowest BCUT2D eigenvalue weighted by Crippen LogP contribution is -2.27. The first kappa shape index (κ1) is 13.1. The van der Waals surface area contributed by atoms with Gasteiger partial charge in [0.1, 0.15) is 5.56 Å². The van der Waals surface area contributed by atoms with Crippen LogP contribution in [0.4, 0.5) is 5.13 Å². The maximum atomic E-state index is 12.0. The molecule has 1 atom stereocenters. The predicted molar refractivity (Wildman–Crippen MR) is 76.7 cm³/mol. The summed E-state index contributed by atoms with van der Waals surface area (Å²) in [5, 5.41) is 14.6. The average Bonchev–Trinajstić information content (AvgIpc) is 2.80. The lowest BCUT2D eigenvalue weighted by Gasteiger charge is -2.15. The second kappa shape index (κ2) is 5.20. The molecule has 0 unspecified atom stereocenters. The van der Waals surface area contributed by atoms with Crippen LogP contribution >= 0.6 is 11.3 Å². The van der Waals surface area contributed by atoms with Crippen LogP contribution in [0.5, 0.6) is 0 Å². The number of rotatable bonds is 2. The Morgan fingerprint density at radius 2 is 2.45 bits per heavy atom. The maximum Gasteiger partial charge on any atom is 0.263 e. The number of pyridine rings is 1. The van der Waals surface area contributed by atoms with Crippen LogP contribution in [-0.2, 0) is 12.8 Å². The topological polar surface area (TPSA) is 68.9 Å². The summed E-state index contributed by atoms with van der Waals surface area (Å²) in [5.74, 6) is 0.384. The Bertz CT molecular complexity index is 654. The van der Waals surface area contributed by atoms with Crippen molar-refractivity contribution in [1.82, 2.24) is 4.98 Å². The highest BCUT2D eigenvalue weighted by molar-refractivity contribution is 7.15. The first-order chi connectivity index (χ1) is 9.61. The van der Waals surface area contributed by atoms with Crippen molar-refractivity contribution in [3.8, 4) is 0 Å². The van der Waals surface area contributed by atoms with Gasteiger partial charge < -0.3 is 5.21 Å². The van der Waals surface area contributed by atoms with Crippen molar-refractivity contribution in [3.05, 3.63) is 45.9 Å². The van der Waals surface area contributed by atoms with Crippen LogP contribution in [-0.4, -0.2) is 10.9 Å². The zero-order valence-corrected chi connectivity index (χ0v) is 11.9. The van der Waals surface area contributed by atoms with Crippen molar-refractivity contribution in [2.75, 3.05) is 5.32 Å². The smallest absolute Gasteiger partial charge is 0.263 e. The molecule has 6 heteroatoms. The summed E-state index contributed by atoms with van der Waals surface area (Å²) in [5.41, 5.74) is 1.44. The van der Waals surface area contributed by atoms with Gasteiger partial charge in [-0.3, -0.25) is 10.1 Å². The zero-order valence-electron chi connectivity index (χ0n) is 11.1. The van der Waals surface area contributed by atoms with Crippen molar-refractivity contribution < 1.29 is 9.52 Å². The summed E-state index contributed by atoms with van der Waals surface area (Å²) in [6, 6.07) is 3.16. The second-order valence-corrected chi connectivity index (χ2v) is 6.23. The molecule has 2 heterocycles. The van der Waals surface area contributed by atoms with Gasteiger partial charge in [0.05, 0.1) is 5.69 Å². The van der Waals surface area contributed by atoms with E-state index in [0.29, 0.717) is 21.3 Å². The summed E-state index contributed by atoms with van der Waals surface area (Å²) < 4.78 is 0.615. The quantitative estimate of drug-likeness (QED) is 0.680. The van der Waals surface area contributed by atoms with E-state index in [0.717, 1.165) is 25.0 Å². The number of aromatic nitrogens is 2. The Morgan fingerprint density at radius 1 is 1.60 bits per heavy atom. The molecule has 0 radical (unpaired) electrons. The molecule has 20 heavy (non-hydrogen) atoms. The third kappa shape index (κ3) is 2.65. The first-order valence-corrected chi connectivity index (χ1v) is 7.42. The lowest BCUT2D eigenvalue weighted by molar-refractivity contribution is -0.605. The van der Waals surface area contributed by atoms with Crippen LogP contribution in [0.2, 0.25) is 0 Å². The first-order valence-electron chi connectivity index (χ1n) is 6.60. The van der Waals surface area contributed by atoms with Gasteiger partial charge in [-0.2, -0.15) is 4.73 Å². The fourth-order valence-electron chi connectivity index (χ4n) is 2.35. The normalized spacial score (nSPS) is 17.6. The lowest BCUT2D eigenvalue weighted by atomic mass is 9.93. The number of carbonyl (C=O) groups is 1. The standard InChI is InChI=1S/C14H15N3O2S/c1-9-4-5-11-12(7-9)20-14(15-11)16-13(18)10-3-2-6-17(19)8-10/h2-3,6,8-9H,4-5,7H2,1H3,(H,15,16,18)/t9-/m0/s1. The Kier molecular flexibility index (Phi) is 3.40. The molecule has 0 aliphatic heterocycles. The summed E-state index contributed by atoms with van der Waals surface area (Å²) >= 11 is 1.54. The largest absolute Gasteiger partial charge is 0.619 e. The van der Waals surface area contributed by atoms with Crippen LogP contribution < -0.4 is 10.0 Å². The minimum absolute atomic E-state index is 0.297. The van der Waals surface area contributed by atoms with E-state index in [-0.39, 0.29) is 5.91 Å². The molecular weight excluding hydrogens is 274 g/mol. The summed E-state index contributed by atoms with van der Waals surface area (Å²) in [4.78, 5) is 17.8. The van der Waals surface area contributed by atoms with E-state index in [1.807, 2.05) is 0 Å². The number of nitrogens with one attached hydrogen (secondary N) is 1. The molecule has 0 bridgehead atoms. The van der Waals surface area contributed by atoms with E-state index in [9.17, 15) is 10.0 Å². The molecule has 1 aliphatic rings. The number of hydrogen-bond donors (Lipinski definition) is 1. The molecule has 0 fully saturated rings. The van der Waals surface area contributed by atoms with E-state index in [1.54, 1.807) is 12.1 Å². The Labute approximate surface area is 120 Å². The molecule has 0 spiro atoms. The number of carbonyl (C=O) groups excluding carboxylic acids is 1. The van der Waals surface area contributed by atoms with Crippen LogP contribution in [0.3, 0.4) is 0 Å². The number of aryl methyl sites for hydroxylation is 1. The molecule has 104 valence electrons. The van der Waals surface area contributed by atoms with Crippen molar-refractivity contribution in [3.63, 3.8) is 0 Å². The Balaban J connectivity index is 1.77. The van der Waals surface area contributed by atoms with Crippen LogP contribution in [0.1, 0.15) is 34.3 Å². The van der Waals surface area contributed by atoms with Crippen molar-refractivity contribution in [2.45, 2.75) is 26.2 Å². The number of amides is 1. The zero-order chi connectivity index (χ0) is 14.1. The van der Waals surface area contributed by atoms with Gasteiger partial charge >= 0.3 is 0 Å². The average molecular weight is 289 g/mol. The van der Waals surface area contributed by atoms with Crippen molar-refractivity contribution >= 4 is 22.4 Å². The van der Waals surface area contributed by atoms with Gasteiger partial charge in [-0.1, -0.05) is 6.92 Å². The summed E-state index contributed by atoms with van der Waals surface area (Å²) in [7, 11) is 0. The summed E-state index contributed by atoms with van der Waals surface area (Å²) in [6.07, 6.45) is 5.77. The number of hydrogen-bond acceptors (Lipinski definition) is 4. The van der Waals surface area contributed by atoms with Gasteiger partial charge in [0, 0.05) is 10.9 Å². The monoisotopic (exact) mass is 289 g/mol. The third-order valence-corrected chi connectivity index (χ3v) is 4.48. The Morgan fingerprint density at radius 3 is 3.25 bits per heavy atom. The van der Waals surface area contributed by atoms with Gasteiger partial charge in [-0.05, 0) is 31.2 Å². The number of anilines is 1. The van der Waals surface area contributed by atoms with Crippen LogP contribution in [0.25, 0.3) is 0 Å². The molecule has 0 saturated heterocycles. The number of fused-ring (bicyclic) bond motifs is 1. The van der Waals surface area contributed by atoms with E-state index < -0.39 is 0 Å². The summed E-state index contributed by atoms with van der Waals surface area (Å²) in [6.45, 7) is 2.23. The van der Waals surface area contributed by atoms with Gasteiger partial charge in [-0.25, -0.2) is 4.98 Å². The molecule has 1 N–H and O–H groups in total. The van der Waals surface area contributed by atoms with E-state index in [1.165, 1.54) is 28.6 Å². The molecule has 5 nitrogen and oxygen atoms in total. The SMILES string of the molecule is C[C@H]1CCc2nc(NC(=O)c3ccc[n+]([O-])c3)sc2C1. The van der Waals surface area contributed by atoms with Crippen LogP contribution in [0.15, 0.2) is 24.5 Å². The number of nitrogens with zero attached hydrogens (tertiary/aromatic N) is 2. The molecule has 1 aliphatic carbocycles. The van der Waals surface area contributed by atoms with Crippen molar-refractivity contribution in [1.29, 1.82) is 0 Å². The van der Waals surface area contributed by atoms with E-state index in [4.69, 9.17) is 0 Å². The van der Waals surface area contributed by atoms with Gasteiger partial charge in [0.2, 0.25) is 0 Å².